The van der Waals surface area contributed by atoms with E-state index < -0.39 is 9.84 Å². The summed E-state index contributed by atoms with van der Waals surface area (Å²) in [5, 5.41) is 1.03. The van der Waals surface area contributed by atoms with Crippen LogP contribution in [0.4, 0.5) is 0 Å². The number of benzene rings is 3. The summed E-state index contributed by atoms with van der Waals surface area (Å²) < 4.78 is 23.4. The van der Waals surface area contributed by atoms with Crippen molar-refractivity contribution in [1.29, 1.82) is 0 Å². The maximum Gasteiger partial charge on any atom is 0.175 e. The molecule has 0 fully saturated rings. The zero-order valence-corrected chi connectivity index (χ0v) is 18.7. The van der Waals surface area contributed by atoms with E-state index >= 15 is 0 Å². The van der Waals surface area contributed by atoms with E-state index in [-0.39, 0.29) is 6.04 Å². The Morgan fingerprint density at radius 3 is 2.19 bits per heavy atom. The van der Waals surface area contributed by atoms with Crippen LogP contribution < -0.4 is 0 Å². The van der Waals surface area contributed by atoms with Gasteiger partial charge >= 0.3 is 0 Å². The molecule has 1 atom stereocenters. The molecule has 0 bridgehead atoms. The largest absolute Gasteiger partial charge is 0.292 e. The molecule has 0 N–H and O–H groups in total. The average Bonchev–Trinajstić information content (AvgIpc) is 2.78. The highest BCUT2D eigenvalue weighted by Crippen LogP contribution is 2.27. The van der Waals surface area contributed by atoms with Crippen LogP contribution in [0.15, 0.2) is 83.8 Å². The molecule has 0 spiro atoms. The maximum atomic E-state index is 11.7. The first kappa shape index (κ1) is 21.2. The van der Waals surface area contributed by atoms with Gasteiger partial charge in [0.2, 0.25) is 0 Å². The monoisotopic (exact) mass is 431 g/mol. The molecule has 4 aromatic rings. The van der Waals surface area contributed by atoms with E-state index in [4.69, 9.17) is 9.97 Å². The lowest BCUT2D eigenvalue weighted by Gasteiger charge is -2.25. The van der Waals surface area contributed by atoms with Crippen molar-refractivity contribution < 1.29 is 8.42 Å². The lowest BCUT2D eigenvalue weighted by atomic mass is 10.1. The van der Waals surface area contributed by atoms with E-state index in [1.807, 2.05) is 55.6 Å². The van der Waals surface area contributed by atoms with Crippen molar-refractivity contribution >= 4 is 20.7 Å². The standard InChI is InChI=1S/C25H25N3O2S/c1-18(19-13-15-21(16-14-19)31(3,29)30)28(2)17-24-26-23-12-8-7-11-22(23)25(27-24)20-9-5-4-6-10-20/h4-16,18H,17H2,1-3H3/t18-/m1/s1. The van der Waals surface area contributed by atoms with Crippen LogP contribution in [0.1, 0.15) is 24.4 Å². The predicted octanol–water partition coefficient (Wildman–Crippen LogP) is 4.89. The summed E-state index contributed by atoms with van der Waals surface area (Å²) in [6.45, 7) is 2.66. The molecule has 0 saturated heterocycles. The lowest BCUT2D eigenvalue weighted by molar-refractivity contribution is 0.247. The van der Waals surface area contributed by atoms with Crippen molar-refractivity contribution in [3.05, 3.63) is 90.3 Å². The molecule has 0 aliphatic carbocycles. The Bertz CT molecular complexity index is 1300. The second kappa shape index (κ2) is 8.57. The quantitative estimate of drug-likeness (QED) is 0.435. The first-order valence-corrected chi connectivity index (χ1v) is 12.0. The van der Waals surface area contributed by atoms with Gasteiger partial charge in [0, 0.05) is 23.2 Å². The van der Waals surface area contributed by atoms with E-state index in [1.165, 1.54) is 6.26 Å². The number of hydrogen-bond acceptors (Lipinski definition) is 5. The fourth-order valence-electron chi connectivity index (χ4n) is 3.62. The van der Waals surface area contributed by atoms with Crippen molar-refractivity contribution in [2.45, 2.75) is 24.4 Å². The Labute approximate surface area is 183 Å². The summed E-state index contributed by atoms with van der Waals surface area (Å²) in [4.78, 5) is 12.2. The molecule has 1 aromatic heterocycles. The van der Waals surface area contributed by atoms with Crippen molar-refractivity contribution in [3.8, 4) is 11.3 Å². The number of rotatable bonds is 6. The van der Waals surface area contributed by atoms with Gasteiger partial charge in [0.05, 0.1) is 22.7 Å². The molecule has 0 aliphatic heterocycles. The number of fused-ring (bicyclic) bond motifs is 1. The third-order valence-corrected chi connectivity index (χ3v) is 6.67. The Morgan fingerprint density at radius 1 is 0.871 bits per heavy atom. The van der Waals surface area contributed by atoms with Gasteiger partial charge in [-0.25, -0.2) is 18.4 Å². The molecule has 0 amide bonds. The van der Waals surface area contributed by atoms with Gasteiger partial charge in [0.25, 0.3) is 0 Å². The van der Waals surface area contributed by atoms with Gasteiger partial charge < -0.3 is 0 Å². The SMILES string of the molecule is C[C@H](c1ccc(S(C)(=O)=O)cc1)N(C)Cc1nc(-c2ccccc2)c2ccccc2n1. The van der Waals surface area contributed by atoms with E-state index in [9.17, 15) is 8.42 Å². The van der Waals surface area contributed by atoms with Crippen molar-refractivity contribution in [2.75, 3.05) is 13.3 Å². The normalized spacial score (nSPS) is 12.9. The van der Waals surface area contributed by atoms with Crippen molar-refractivity contribution in [1.82, 2.24) is 14.9 Å². The highest BCUT2D eigenvalue weighted by Gasteiger charge is 2.16. The van der Waals surface area contributed by atoms with Crippen LogP contribution in [0.25, 0.3) is 22.2 Å². The molecule has 3 aromatic carbocycles. The van der Waals surface area contributed by atoms with Crippen LogP contribution in [0.3, 0.4) is 0 Å². The highest BCUT2D eigenvalue weighted by molar-refractivity contribution is 7.90. The van der Waals surface area contributed by atoms with Crippen LogP contribution >= 0.6 is 0 Å². The fraction of sp³-hybridized carbons (Fsp3) is 0.200. The summed E-state index contributed by atoms with van der Waals surface area (Å²) in [5.74, 6) is 0.750. The molecule has 0 radical (unpaired) electrons. The van der Waals surface area contributed by atoms with Crippen molar-refractivity contribution in [2.24, 2.45) is 0 Å². The summed E-state index contributed by atoms with van der Waals surface area (Å²) in [7, 11) is -1.18. The summed E-state index contributed by atoms with van der Waals surface area (Å²) in [6.07, 6.45) is 1.22. The maximum absolute atomic E-state index is 11.7. The first-order valence-electron chi connectivity index (χ1n) is 10.1. The Balaban J connectivity index is 1.63. The van der Waals surface area contributed by atoms with Crippen LogP contribution in [-0.2, 0) is 16.4 Å². The Kier molecular flexibility index (Phi) is 5.85. The molecule has 158 valence electrons. The molecular formula is C25H25N3O2S. The second-order valence-corrected chi connectivity index (χ2v) is 9.82. The predicted molar refractivity (Wildman–Crippen MR) is 124 cm³/mol. The zero-order chi connectivity index (χ0) is 22.0. The van der Waals surface area contributed by atoms with Crippen LogP contribution in [-0.4, -0.2) is 36.6 Å². The van der Waals surface area contributed by atoms with Gasteiger partial charge in [-0.05, 0) is 37.7 Å². The van der Waals surface area contributed by atoms with Crippen LogP contribution in [0, 0.1) is 0 Å². The summed E-state index contributed by atoms with van der Waals surface area (Å²) in [6, 6.07) is 25.4. The fourth-order valence-corrected chi connectivity index (χ4v) is 4.25. The summed E-state index contributed by atoms with van der Waals surface area (Å²) >= 11 is 0. The van der Waals surface area contributed by atoms with Gasteiger partial charge in [-0.2, -0.15) is 0 Å². The van der Waals surface area contributed by atoms with E-state index in [2.05, 4.69) is 30.0 Å². The molecule has 6 heteroatoms. The van der Waals surface area contributed by atoms with Gasteiger partial charge in [-0.3, -0.25) is 4.90 Å². The smallest absolute Gasteiger partial charge is 0.175 e. The highest BCUT2D eigenvalue weighted by atomic mass is 32.2. The average molecular weight is 432 g/mol. The summed E-state index contributed by atoms with van der Waals surface area (Å²) in [5.41, 5.74) is 3.96. The van der Waals surface area contributed by atoms with Gasteiger partial charge in [0.1, 0.15) is 5.82 Å². The zero-order valence-electron chi connectivity index (χ0n) is 17.9. The third-order valence-electron chi connectivity index (χ3n) is 5.54. The molecule has 0 saturated carbocycles. The van der Waals surface area contributed by atoms with Crippen molar-refractivity contribution in [3.63, 3.8) is 0 Å². The minimum atomic E-state index is -3.20. The minimum Gasteiger partial charge on any atom is -0.292 e. The van der Waals surface area contributed by atoms with E-state index in [1.54, 1.807) is 12.1 Å². The number of sulfone groups is 1. The lowest BCUT2D eigenvalue weighted by Crippen LogP contribution is -2.23. The number of aromatic nitrogens is 2. The Morgan fingerprint density at radius 2 is 1.52 bits per heavy atom. The minimum absolute atomic E-state index is 0.0730. The molecule has 31 heavy (non-hydrogen) atoms. The topological polar surface area (TPSA) is 63.2 Å². The number of nitrogens with zero attached hydrogens (tertiary/aromatic N) is 3. The van der Waals surface area contributed by atoms with E-state index in [0.717, 1.165) is 33.5 Å². The van der Waals surface area contributed by atoms with Gasteiger partial charge in [-0.15, -0.1) is 0 Å². The second-order valence-electron chi connectivity index (χ2n) is 7.80. The molecular weight excluding hydrogens is 406 g/mol. The molecule has 5 nitrogen and oxygen atoms in total. The molecule has 4 rings (SSSR count). The molecule has 0 unspecified atom stereocenters. The third kappa shape index (κ3) is 4.65. The Hall–Kier alpha value is -3.09. The van der Waals surface area contributed by atoms with Crippen LogP contribution in [0.2, 0.25) is 0 Å². The number of hydrogen-bond donors (Lipinski definition) is 0. The van der Waals surface area contributed by atoms with Gasteiger partial charge in [-0.1, -0.05) is 60.7 Å². The number of para-hydroxylation sites is 1. The molecule has 1 heterocycles. The van der Waals surface area contributed by atoms with Gasteiger partial charge in [0.15, 0.2) is 9.84 Å². The van der Waals surface area contributed by atoms with E-state index in [0.29, 0.717) is 11.4 Å². The van der Waals surface area contributed by atoms with Crippen LogP contribution in [0.5, 0.6) is 0 Å². The molecule has 0 aliphatic rings. The first-order chi connectivity index (χ1) is 14.8.